The van der Waals surface area contributed by atoms with Gasteiger partial charge in [0.1, 0.15) is 10.8 Å². The number of ether oxygens (including phenoxy) is 3. The van der Waals surface area contributed by atoms with Crippen LogP contribution >= 0.6 is 23.2 Å². The average molecular weight is 447 g/mol. The van der Waals surface area contributed by atoms with E-state index in [4.69, 9.17) is 37.8 Å². The van der Waals surface area contributed by atoms with Gasteiger partial charge >= 0.3 is 17.9 Å². The summed E-state index contributed by atoms with van der Waals surface area (Å²) in [5, 5.41) is 8.58. The van der Waals surface area contributed by atoms with Crippen molar-refractivity contribution >= 4 is 46.9 Å². The first kappa shape index (κ1) is 24.5. The van der Waals surface area contributed by atoms with E-state index in [2.05, 4.69) is 11.3 Å². The Morgan fingerprint density at radius 2 is 1.69 bits per heavy atom. The van der Waals surface area contributed by atoms with E-state index in [1.54, 1.807) is 6.92 Å². The summed E-state index contributed by atoms with van der Waals surface area (Å²) >= 11 is 12.2. The first-order valence-corrected chi connectivity index (χ1v) is 9.21. The van der Waals surface area contributed by atoms with E-state index in [9.17, 15) is 19.2 Å². The lowest BCUT2D eigenvalue weighted by molar-refractivity contribution is -0.175. The van der Waals surface area contributed by atoms with Gasteiger partial charge in [0.05, 0.1) is 5.02 Å². The van der Waals surface area contributed by atoms with E-state index in [1.807, 2.05) is 0 Å². The molecule has 158 valence electrons. The van der Waals surface area contributed by atoms with Gasteiger partial charge in [0.15, 0.2) is 24.6 Å². The summed E-state index contributed by atoms with van der Waals surface area (Å²) < 4.78 is 14.7. The van der Waals surface area contributed by atoms with Crippen LogP contribution in [0.25, 0.3) is 0 Å². The molecule has 29 heavy (non-hydrogen) atoms. The Morgan fingerprint density at radius 3 is 2.24 bits per heavy atom. The minimum atomic E-state index is -1.38. The number of benzene rings is 1. The third kappa shape index (κ3) is 6.76. The van der Waals surface area contributed by atoms with Crippen LogP contribution in [0, 0.1) is 0 Å². The number of carbonyl (C=O) groups excluding carboxylic acids is 3. The predicted molar refractivity (Wildman–Crippen MR) is 104 cm³/mol. The number of allylic oxidation sites excluding steroid dienone is 1. The van der Waals surface area contributed by atoms with Gasteiger partial charge < -0.3 is 19.3 Å². The number of carbonyl (C=O) groups is 4. The van der Waals surface area contributed by atoms with Crippen molar-refractivity contribution in [3.8, 4) is 5.75 Å². The molecule has 0 aliphatic rings. The van der Waals surface area contributed by atoms with Crippen LogP contribution in [0.4, 0.5) is 0 Å². The number of hydrogen-bond acceptors (Lipinski definition) is 7. The van der Waals surface area contributed by atoms with E-state index >= 15 is 0 Å². The third-order valence-corrected chi connectivity index (χ3v) is 4.53. The number of carboxylic acids is 1. The molecule has 0 bridgehead atoms. The Balaban J connectivity index is 2.71. The molecule has 2 atom stereocenters. The van der Waals surface area contributed by atoms with Gasteiger partial charge in [-0.2, -0.15) is 0 Å². The molecule has 0 aliphatic carbocycles. The molecular formula is C19H20Cl2O8. The fourth-order valence-electron chi connectivity index (χ4n) is 1.91. The van der Waals surface area contributed by atoms with Crippen molar-refractivity contribution in [2.75, 3.05) is 6.61 Å². The Hall–Kier alpha value is -2.58. The first-order chi connectivity index (χ1) is 13.5. The predicted octanol–water partition coefficient (Wildman–Crippen LogP) is 3.47. The van der Waals surface area contributed by atoms with Crippen LogP contribution in [-0.2, 0) is 23.9 Å². The van der Waals surface area contributed by atoms with E-state index in [0.29, 0.717) is 12.0 Å². The van der Waals surface area contributed by atoms with Crippen LogP contribution in [0.3, 0.4) is 0 Å². The van der Waals surface area contributed by atoms with Gasteiger partial charge in [0.25, 0.3) is 0 Å². The van der Waals surface area contributed by atoms with E-state index in [0.717, 1.165) is 6.92 Å². The molecule has 0 saturated carbocycles. The maximum Gasteiger partial charge on any atom is 0.347 e. The molecule has 1 rings (SSSR count). The topological polar surface area (TPSA) is 116 Å². The second kappa shape index (κ2) is 10.8. The molecule has 0 aromatic heterocycles. The molecule has 0 aliphatic heterocycles. The van der Waals surface area contributed by atoms with Gasteiger partial charge in [-0.25, -0.2) is 14.4 Å². The summed E-state index contributed by atoms with van der Waals surface area (Å²) in [6, 6.07) is 2.76. The first-order valence-electron chi connectivity index (χ1n) is 8.45. The summed E-state index contributed by atoms with van der Waals surface area (Å²) in [5.74, 6) is -3.61. The van der Waals surface area contributed by atoms with Crippen LogP contribution < -0.4 is 4.74 Å². The Labute approximate surface area is 177 Å². The highest BCUT2D eigenvalue weighted by Gasteiger charge is 2.25. The van der Waals surface area contributed by atoms with E-state index in [-0.39, 0.29) is 27.1 Å². The van der Waals surface area contributed by atoms with Crippen molar-refractivity contribution in [2.24, 2.45) is 0 Å². The molecule has 0 fully saturated rings. The number of aliphatic carboxylic acids is 1. The molecule has 10 heteroatoms. The minimum Gasteiger partial charge on any atom is -0.480 e. The molecular weight excluding hydrogens is 427 g/mol. The fourth-order valence-corrected chi connectivity index (χ4v) is 2.37. The van der Waals surface area contributed by atoms with Gasteiger partial charge in [-0.05, 0) is 38.0 Å². The van der Waals surface area contributed by atoms with E-state index in [1.165, 1.54) is 19.1 Å². The molecule has 0 spiro atoms. The lowest BCUT2D eigenvalue weighted by atomic mass is 10.0. The monoisotopic (exact) mass is 446 g/mol. The number of Topliss-reactive ketones (excluding diaryl/α,β-unsaturated/α-hetero) is 1. The SMILES string of the molecule is C=C(CC)C(=O)c1ccc(OCC(=O)OC(C)C(=O)OC(C)C(=O)O)c(Cl)c1Cl. The molecule has 8 nitrogen and oxygen atoms in total. The maximum absolute atomic E-state index is 12.2. The highest BCUT2D eigenvalue weighted by Crippen LogP contribution is 2.35. The Kier molecular flexibility index (Phi) is 9.13. The summed E-state index contributed by atoms with van der Waals surface area (Å²) in [7, 11) is 0. The highest BCUT2D eigenvalue weighted by molar-refractivity contribution is 6.45. The van der Waals surface area contributed by atoms with Crippen molar-refractivity contribution in [3.05, 3.63) is 39.9 Å². The highest BCUT2D eigenvalue weighted by atomic mass is 35.5. The van der Waals surface area contributed by atoms with Crippen LogP contribution in [0.15, 0.2) is 24.3 Å². The van der Waals surface area contributed by atoms with Gasteiger partial charge in [-0.15, -0.1) is 0 Å². The van der Waals surface area contributed by atoms with Crippen LogP contribution in [-0.4, -0.2) is 47.6 Å². The van der Waals surface area contributed by atoms with Crippen molar-refractivity contribution in [1.29, 1.82) is 0 Å². The normalized spacial score (nSPS) is 12.4. The zero-order valence-corrected chi connectivity index (χ0v) is 17.5. The largest absolute Gasteiger partial charge is 0.480 e. The smallest absolute Gasteiger partial charge is 0.347 e. The molecule has 0 radical (unpaired) electrons. The second-order valence-electron chi connectivity index (χ2n) is 5.86. The van der Waals surface area contributed by atoms with Crippen molar-refractivity contribution in [1.82, 2.24) is 0 Å². The van der Waals surface area contributed by atoms with Crippen LogP contribution in [0.1, 0.15) is 37.6 Å². The zero-order valence-electron chi connectivity index (χ0n) is 16.0. The van der Waals surface area contributed by atoms with Crippen molar-refractivity contribution < 1.29 is 38.5 Å². The zero-order chi connectivity index (χ0) is 22.3. The molecule has 1 N–H and O–H groups in total. The molecule has 1 aromatic rings. The summed E-state index contributed by atoms with van der Waals surface area (Å²) in [6.45, 7) is 7.20. The van der Waals surface area contributed by atoms with Gasteiger partial charge in [-0.3, -0.25) is 4.79 Å². The summed E-state index contributed by atoms with van der Waals surface area (Å²) in [4.78, 5) is 46.4. The lowest BCUT2D eigenvalue weighted by Crippen LogP contribution is -2.33. The molecule has 0 amide bonds. The van der Waals surface area contributed by atoms with Gasteiger partial charge in [0, 0.05) is 5.56 Å². The number of esters is 2. The fraction of sp³-hybridized carbons (Fsp3) is 0.368. The van der Waals surface area contributed by atoms with Gasteiger partial charge in [0.2, 0.25) is 0 Å². The summed E-state index contributed by atoms with van der Waals surface area (Å²) in [6.07, 6.45) is -2.28. The molecule has 0 heterocycles. The third-order valence-electron chi connectivity index (χ3n) is 3.67. The lowest BCUT2D eigenvalue weighted by Gasteiger charge is -2.15. The quantitative estimate of drug-likeness (QED) is 0.329. The summed E-state index contributed by atoms with van der Waals surface area (Å²) in [5.41, 5.74) is 0.515. The number of halogens is 2. The Bertz CT molecular complexity index is 834. The number of ketones is 1. The molecule has 0 saturated heterocycles. The van der Waals surface area contributed by atoms with Crippen LogP contribution in [0.5, 0.6) is 5.75 Å². The average Bonchev–Trinajstić information content (AvgIpc) is 2.67. The number of hydrogen-bond donors (Lipinski definition) is 1. The van der Waals surface area contributed by atoms with Gasteiger partial charge in [-0.1, -0.05) is 36.7 Å². The number of rotatable bonds is 10. The molecule has 2 unspecified atom stereocenters. The van der Waals surface area contributed by atoms with Crippen molar-refractivity contribution in [3.63, 3.8) is 0 Å². The number of carboxylic acid groups (broad SMARTS) is 1. The van der Waals surface area contributed by atoms with Crippen molar-refractivity contribution in [2.45, 2.75) is 39.4 Å². The second-order valence-corrected chi connectivity index (χ2v) is 6.62. The maximum atomic E-state index is 12.2. The molecule has 1 aromatic carbocycles. The standard InChI is InChI=1S/C19H20Cl2O8/c1-5-9(2)17(23)12-6-7-13(16(21)15(12)20)27-8-14(22)28-11(4)19(26)29-10(3)18(24)25/h6-7,10-11H,2,5,8H2,1,3-4H3,(H,24,25). The van der Waals surface area contributed by atoms with E-state index < -0.39 is 36.7 Å². The Morgan fingerprint density at radius 1 is 1.07 bits per heavy atom. The minimum absolute atomic E-state index is 0.0296. The van der Waals surface area contributed by atoms with Crippen LogP contribution in [0.2, 0.25) is 10.0 Å².